The van der Waals surface area contributed by atoms with E-state index in [9.17, 15) is 0 Å². The topological polar surface area (TPSA) is 9.23 Å². The van der Waals surface area contributed by atoms with Crippen molar-refractivity contribution in [2.24, 2.45) is 11.8 Å². The normalized spacial score (nSPS) is 36.8. The van der Waals surface area contributed by atoms with Crippen molar-refractivity contribution in [3.05, 3.63) is 12.3 Å². The molecule has 0 aromatic carbocycles. The molecule has 0 spiro atoms. The third-order valence-electron chi connectivity index (χ3n) is 1.74. The summed E-state index contributed by atoms with van der Waals surface area (Å²) in [6, 6.07) is 0. The molecular weight excluding hydrogens is 100 g/mol. The lowest BCUT2D eigenvalue weighted by Crippen LogP contribution is -2.14. The Morgan fingerprint density at radius 1 is 1.50 bits per heavy atom. The monoisotopic (exact) mass is 112 g/mol. The van der Waals surface area contributed by atoms with Crippen LogP contribution in [0.25, 0.3) is 0 Å². The van der Waals surface area contributed by atoms with Crippen molar-refractivity contribution in [2.75, 3.05) is 6.61 Å². The third kappa shape index (κ3) is 1.03. The molecule has 0 aliphatic carbocycles. The van der Waals surface area contributed by atoms with Crippen LogP contribution in [0.3, 0.4) is 0 Å². The molecule has 1 heterocycles. The molecule has 0 N–H and O–H groups in total. The maximum absolute atomic E-state index is 5.07. The second-order valence-electron chi connectivity index (χ2n) is 2.50. The van der Waals surface area contributed by atoms with Gasteiger partial charge in [0, 0.05) is 0 Å². The van der Waals surface area contributed by atoms with Crippen molar-refractivity contribution in [3.63, 3.8) is 0 Å². The third-order valence-corrected chi connectivity index (χ3v) is 1.74. The summed E-state index contributed by atoms with van der Waals surface area (Å²) in [5.41, 5.74) is 0. The van der Waals surface area contributed by atoms with Gasteiger partial charge in [-0.15, -0.1) is 0 Å². The summed E-state index contributed by atoms with van der Waals surface area (Å²) < 4.78 is 5.07. The summed E-state index contributed by atoms with van der Waals surface area (Å²) in [7, 11) is 0. The Labute approximate surface area is 50.3 Å². The van der Waals surface area contributed by atoms with Gasteiger partial charge in [-0.2, -0.15) is 0 Å². The lowest BCUT2D eigenvalue weighted by molar-refractivity contribution is 0.159. The molecule has 0 amide bonds. The van der Waals surface area contributed by atoms with Gasteiger partial charge in [-0.25, -0.2) is 0 Å². The van der Waals surface area contributed by atoms with Gasteiger partial charge in [0.25, 0.3) is 0 Å². The SMILES string of the molecule is CC1C=COC[C@H]1C. The van der Waals surface area contributed by atoms with E-state index in [0.717, 1.165) is 6.61 Å². The second-order valence-corrected chi connectivity index (χ2v) is 2.50. The fourth-order valence-corrected chi connectivity index (χ4v) is 0.728. The number of rotatable bonds is 0. The lowest BCUT2D eigenvalue weighted by atomic mass is 9.96. The second kappa shape index (κ2) is 2.21. The predicted octanol–water partition coefficient (Wildman–Crippen LogP) is 1.80. The van der Waals surface area contributed by atoms with Gasteiger partial charge >= 0.3 is 0 Å². The zero-order chi connectivity index (χ0) is 5.98. The van der Waals surface area contributed by atoms with Crippen molar-refractivity contribution in [1.29, 1.82) is 0 Å². The Hall–Kier alpha value is -0.460. The van der Waals surface area contributed by atoms with Gasteiger partial charge in [0.15, 0.2) is 0 Å². The highest BCUT2D eigenvalue weighted by Crippen LogP contribution is 2.16. The van der Waals surface area contributed by atoms with E-state index < -0.39 is 0 Å². The predicted molar refractivity (Wildman–Crippen MR) is 33.4 cm³/mol. The number of hydrogen-bond donors (Lipinski definition) is 0. The molecule has 0 saturated carbocycles. The first-order valence-corrected chi connectivity index (χ1v) is 3.09. The fourth-order valence-electron chi connectivity index (χ4n) is 0.728. The summed E-state index contributed by atoms with van der Waals surface area (Å²) >= 11 is 0. The Morgan fingerprint density at radius 3 is 2.62 bits per heavy atom. The summed E-state index contributed by atoms with van der Waals surface area (Å²) in [5, 5.41) is 0. The van der Waals surface area contributed by atoms with E-state index in [1.165, 1.54) is 0 Å². The highest BCUT2D eigenvalue weighted by atomic mass is 16.5. The average molecular weight is 112 g/mol. The Kier molecular flexibility index (Phi) is 1.56. The zero-order valence-electron chi connectivity index (χ0n) is 5.42. The molecule has 1 nitrogen and oxygen atoms in total. The van der Waals surface area contributed by atoms with Crippen LogP contribution in [0.5, 0.6) is 0 Å². The van der Waals surface area contributed by atoms with Crippen LogP contribution >= 0.6 is 0 Å². The first-order valence-electron chi connectivity index (χ1n) is 3.09. The number of allylic oxidation sites excluding steroid dienone is 1. The van der Waals surface area contributed by atoms with E-state index in [1.54, 1.807) is 6.26 Å². The fraction of sp³-hybridized carbons (Fsp3) is 0.714. The zero-order valence-corrected chi connectivity index (χ0v) is 5.42. The van der Waals surface area contributed by atoms with Gasteiger partial charge in [-0.3, -0.25) is 0 Å². The highest BCUT2D eigenvalue weighted by molar-refractivity contribution is 4.87. The molecule has 0 fully saturated rings. The minimum Gasteiger partial charge on any atom is -0.501 e. The Balaban J connectivity index is 2.47. The van der Waals surface area contributed by atoms with Gasteiger partial charge in [-0.1, -0.05) is 13.8 Å². The minimum absolute atomic E-state index is 0.694. The molecule has 1 aliphatic rings. The maximum Gasteiger partial charge on any atom is 0.0904 e. The molecular formula is C7H12O. The van der Waals surface area contributed by atoms with Crippen LogP contribution in [0.2, 0.25) is 0 Å². The summed E-state index contributed by atoms with van der Waals surface area (Å²) in [6.07, 6.45) is 3.90. The molecule has 0 bridgehead atoms. The maximum atomic E-state index is 5.07. The van der Waals surface area contributed by atoms with Gasteiger partial charge in [0.05, 0.1) is 12.9 Å². The van der Waals surface area contributed by atoms with Gasteiger partial charge in [0.1, 0.15) is 0 Å². The van der Waals surface area contributed by atoms with Crippen molar-refractivity contribution >= 4 is 0 Å². The first kappa shape index (κ1) is 5.67. The molecule has 1 aliphatic heterocycles. The van der Waals surface area contributed by atoms with Crippen molar-refractivity contribution in [2.45, 2.75) is 13.8 Å². The van der Waals surface area contributed by atoms with Gasteiger partial charge < -0.3 is 4.74 Å². The number of ether oxygens (including phenoxy) is 1. The molecule has 1 unspecified atom stereocenters. The van der Waals surface area contributed by atoms with E-state index in [2.05, 4.69) is 19.9 Å². The average Bonchev–Trinajstić information content (AvgIpc) is 1.77. The summed E-state index contributed by atoms with van der Waals surface area (Å²) in [4.78, 5) is 0. The highest BCUT2D eigenvalue weighted by Gasteiger charge is 2.11. The Bertz CT molecular complexity index is 96.6. The van der Waals surface area contributed by atoms with Crippen LogP contribution < -0.4 is 0 Å². The van der Waals surface area contributed by atoms with E-state index in [0.29, 0.717) is 11.8 Å². The molecule has 0 saturated heterocycles. The minimum atomic E-state index is 0.694. The van der Waals surface area contributed by atoms with Gasteiger partial charge in [-0.05, 0) is 17.9 Å². The standard InChI is InChI=1S/C7H12O/c1-6-3-4-8-5-7(6)2/h3-4,6-7H,5H2,1-2H3/t6?,7-/m1/s1. The lowest BCUT2D eigenvalue weighted by Gasteiger charge is -2.19. The largest absolute Gasteiger partial charge is 0.501 e. The molecule has 0 radical (unpaired) electrons. The van der Waals surface area contributed by atoms with Crippen LogP contribution in [0.15, 0.2) is 12.3 Å². The van der Waals surface area contributed by atoms with Crippen LogP contribution in [0, 0.1) is 11.8 Å². The molecule has 8 heavy (non-hydrogen) atoms. The van der Waals surface area contributed by atoms with Crippen LogP contribution in [-0.2, 0) is 4.74 Å². The quantitative estimate of drug-likeness (QED) is 0.464. The number of hydrogen-bond acceptors (Lipinski definition) is 1. The first-order chi connectivity index (χ1) is 3.80. The molecule has 2 atom stereocenters. The molecule has 1 heteroatoms. The van der Waals surface area contributed by atoms with Crippen molar-refractivity contribution in [3.8, 4) is 0 Å². The summed E-state index contributed by atoms with van der Waals surface area (Å²) in [6.45, 7) is 5.30. The summed E-state index contributed by atoms with van der Waals surface area (Å²) in [5.74, 6) is 1.39. The Morgan fingerprint density at radius 2 is 2.25 bits per heavy atom. The van der Waals surface area contributed by atoms with E-state index in [4.69, 9.17) is 4.74 Å². The van der Waals surface area contributed by atoms with E-state index in [1.807, 2.05) is 0 Å². The van der Waals surface area contributed by atoms with Crippen molar-refractivity contribution < 1.29 is 4.74 Å². The molecule has 0 aromatic rings. The molecule has 46 valence electrons. The van der Waals surface area contributed by atoms with Crippen molar-refractivity contribution in [1.82, 2.24) is 0 Å². The van der Waals surface area contributed by atoms with E-state index in [-0.39, 0.29) is 0 Å². The molecule has 0 aromatic heterocycles. The van der Waals surface area contributed by atoms with E-state index >= 15 is 0 Å². The van der Waals surface area contributed by atoms with Crippen LogP contribution in [0.1, 0.15) is 13.8 Å². The van der Waals surface area contributed by atoms with Gasteiger partial charge in [0.2, 0.25) is 0 Å². The smallest absolute Gasteiger partial charge is 0.0904 e. The van der Waals surface area contributed by atoms with Crippen LogP contribution in [-0.4, -0.2) is 6.61 Å². The van der Waals surface area contributed by atoms with Crippen LogP contribution in [0.4, 0.5) is 0 Å². The molecule has 1 rings (SSSR count).